The summed E-state index contributed by atoms with van der Waals surface area (Å²) in [6.45, 7) is 3.14. The Morgan fingerprint density at radius 2 is 1.78 bits per heavy atom. The molecule has 2 N–H and O–H groups in total. The number of aryl methyl sites for hydroxylation is 1. The molecule has 2 rings (SSSR count). The molecule has 0 aliphatic heterocycles. The Morgan fingerprint density at radius 3 is 2.43 bits per heavy atom. The van der Waals surface area contributed by atoms with E-state index in [9.17, 15) is 17.6 Å². The number of hydrogen-bond acceptors (Lipinski definition) is 3. The summed E-state index contributed by atoms with van der Waals surface area (Å²) in [7, 11) is -3.80. The molecule has 0 aliphatic rings. The van der Waals surface area contributed by atoms with Gasteiger partial charge in [-0.3, -0.25) is 4.79 Å². The minimum atomic E-state index is -3.80. The van der Waals surface area contributed by atoms with E-state index in [1.165, 1.54) is 37.3 Å². The summed E-state index contributed by atoms with van der Waals surface area (Å²) < 4.78 is 39.9. The van der Waals surface area contributed by atoms with Crippen molar-refractivity contribution in [2.24, 2.45) is 0 Å². The molecule has 1 unspecified atom stereocenters. The number of benzene rings is 2. The van der Waals surface area contributed by atoms with Crippen LogP contribution in [0.5, 0.6) is 0 Å². The molecule has 0 fully saturated rings. The Labute approximate surface area is 134 Å². The van der Waals surface area contributed by atoms with Crippen LogP contribution in [0.15, 0.2) is 53.4 Å². The van der Waals surface area contributed by atoms with Gasteiger partial charge in [0.1, 0.15) is 5.82 Å². The highest BCUT2D eigenvalue weighted by atomic mass is 32.2. The van der Waals surface area contributed by atoms with E-state index in [-0.39, 0.29) is 4.90 Å². The molecule has 5 nitrogen and oxygen atoms in total. The lowest BCUT2D eigenvalue weighted by Gasteiger charge is -2.15. The van der Waals surface area contributed by atoms with Gasteiger partial charge >= 0.3 is 0 Å². The zero-order chi connectivity index (χ0) is 17.0. The van der Waals surface area contributed by atoms with Crippen LogP contribution in [0.2, 0.25) is 0 Å². The lowest BCUT2D eigenvalue weighted by atomic mass is 10.2. The second-order valence-corrected chi connectivity index (χ2v) is 6.82. The topological polar surface area (TPSA) is 75.3 Å². The monoisotopic (exact) mass is 336 g/mol. The SMILES string of the molecule is Cc1ccc(F)cc1NC(=O)C(C)NS(=O)(=O)c1ccccc1. The van der Waals surface area contributed by atoms with Crippen LogP contribution in [0.3, 0.4) is 0 Å². The Morgan fingerprint density at radius 1 is 1.13 bits per heavy atom. The van der Waals surface area contributed by atoms with Crippen LogP contribution in [0, 0.1) is 12.7 Å². The van der Waals surface area contributed by atoms with E-state index in [1.807, 2.05) is 0 Å². The van der Waals surface area contributed by atoms with Crippen molar-refractivity contribution in [2.75, 3.05) is 5.32 Å². The maximum Gasteiger partial charge on any atom is 0.242 e. The first kappa shape index (κ1) is 17.1. The number of carbonyl (C=O) groups excluding carboxylic acids is 1. The molecule has 122 valence electrons. The summed E-state index contributed by atoms with van der Waals surface area (Å²) in [5, 5.41) is 2.52. The molecule has 0 spiro atoms. The second kappa shape index (κ2) is 6.89. The van der Waals surface area contributed by atoms with E-state index in [0.29, 0.717) is 11.3 Å². The summed E-state index contributed by atoms with van der Waals surface area (Å²) >= 11 is 0. The Bertz CT molecular complexity index is 807. The number of carbonyl (C=O) groups is 1. The molecule has 0 saturated carbocycles. The van der Waals surface area contributed by atoms with Gasteiger partial charge in [-0.1, -0.05) is 24.3 Å². The molecule has 2 aromatic rings. The maximum absolute atomic E-state index is 13.2. The summed E-state index contributed by atoms with van der Waals surface area (Å²) in [5.74, 6) is -1.05. The van der Waals surface area contributed by atoms with Gasteiger partial charge in [-0.15, -0.1) is 0 Å². The number of sulfonamides is 1. The Kier molecular flexibility index (Phi) is 5.12. The van der Waals surface area contributed by atoms with Crippen LogP contribution in [0.1, 0.15) is 12.5 Å². The number of amides is 1. The number of anilines is 1. The average Bonchev–Trinajstić information content (AvgIpc) is 2.51. The van der Waals surface area contributed by atoms with Gasteiger partial charge in [0.25, 0.3) is 0 Å². The number of nitrogens with one attached hydrogen (secondary N) is 2. The van der Waals surface area contributed by atoms with Crippen LogP contribution in [0.4, 0.5) is 10.1 Å². The van der Waals surface area contributed by atoms with E-state index in [4.69, 9.17) is 0 Å². The molecule has 0 heterocycles. The number of halogens is 1. The van der Waals surface area contributed by atoms with E-state index < -0.39 is 27.8 Å². The molecule has 7 heteroatoms. The van der Waals surface area contributed by atoms with Crippen molar-refractivity contribution in [2.45, 2.75) is 24.8 Å². The van der Waals surface area contributed by atoms with Crippen molar-refractivity contribution in [1.82, 2.24) is 4.72 Å². The summed E-state index contributed by atoms with van der Waals surface area (Å²) in [4.78, 5) is 12.2. The standard InChI is InChI=1S/C16H17FN2O3S/c1-11-8-9-13(17)10-15(11)18-16(20)12(2)19-23(21,22)14-6-4-3-5-7-14/h3-10,12,19H,1-2H3,(H,18,20). The lowest BCUT2D eigenvalue weighted by Crippen LogP contribution is -2.41. The smallest absolute Gasteiger partial charge is 0.242 e. The van der Waals surface area contributed by atoms with Crippen LogP contribution in [0.25, 0.3) is 0 Å². The van der Waals surface area contributed by atoms with E-state index in [1.54, 1.807) is 25.1 Å². The van der Waals surface area contributed by atoms with E-state index >= 15 is 0 Å². The predicted molar refractivity (Wildman–Crippen MR) is 86.0 cm³/mol. The molecule has 0 aromatic heterocycles. The fourth-order valence-electron chi connectivity index (χ4n) is 1.92. The average molecular weight is 336 g/mol. The van der Waals surface area contributed by atoms with E-state index in [0.717, 1.165) is 0 Å². The zero-order valence-electron chi connectivity index (χ0n) is 12.7. The van der Waals surface area contributed by atoms with Crippen LogP contribution in [-0.4, -0.2) is 20.4 Å². The van der Waals surface area contributed by atoms with Crippen LogP contribution >= 0.6 is 0 Å². The van der Waals surface area contributed by atoms with Gasteiger partial charge in [0, 0.05) is 5.69 Å². The van der Waals surface area contributed by atoms with Gasteiger partial charge in [0.2, 0.25) is 15.9 Å². The summed E-state index contributed by atoms with van der Waals surface area (Å²) in [6.07, 6.45) is 0. The molecule has 0 radical (unpaired) electrons. The first-order chi connectivity index (χ1) is 10.8. The minimum absolute atomic E-state index is 0.0709. The number of rotatable bonds is 5. The maximum atomic E-state index is 13.2. The molecule has 1 atom stereocenters. The fraction of sp³-hybridized carbons (Fsp3) is 0.188. The zero-order valence-corrected chi connectivity index (χ0v) is 13.5. The normalized spacial score (nSPS) is 12.7. The van der Waals surface area contributed by atoms with Gasteiger partial charge in [-0.2, -0.15) is 4.72 Å². The number of hydrogen-bond donors (Lipinski definition) is 2. The van der Waals surface area contributed by atoms with Crippen molar-refractivity contribution in [1.29, 1.82) is 0 Å². The van der Waals surface area contributed by atoms with Crippen molar-refractivity contribution < 1.29 is 17.6 Å². The summed E-state index contributed by atoms with van der Waals surface area (Å²) in [6, 6.07) is 10.7. The molecular formula is C16H17FN2O3S. The quantitative estimate of drug-likeness (QED) is 0.880. The first-order valence-electron chi connectivity index (χ1n) is 6.94. The van der Waals surface area contributed by atoms with Crippen molar-refractivity contribution in [3.8, 4) is 0 Å². The Hall–Kier alpha value is -2.25. The molecule has 23 heavy (non-hydrogen) atoms. The fourth-order valence-corrected chi connectivity index (χ4v) is 3.15. The molecule has 0 bridgehead atoms. The van der Waals surface area contributed by atoms with Crippen LogP contribution in [-0.2, 0) is 14.8 Å². The third kappa shape index (κ3) is 4.37. The summed E-state index contributed by atoms with van der Waals surface area (Å²) in [5.41, 5.74) is 0.985. The molecule has 2 aromatic carbocycles. The van der Waals surface area contributed by atoms with Gasteiger partial charge < -0.3 is 5.32 Å². The minimum Gasteiger partial charge on any atom is -0.324 e. The Balaban J connectivity index is 2.10. The first-order valence-corrected chi connectivity index (χ1v) is 8.42. The molecule has 1 amide bonds. The van der Waals surface area contributed by atoms with E-state index in [2.05, 4.69) is 10.0 Å². The largest absolute Gasteiger partial charge is 0.324 e. The highest BCUT2D eigenvalue weighted by molar-refractivity contribution is 7.89. The lowest BCUT2D eigenvalue weighted by molar-refractivity contribution is -0.117. The van der Waals surface area contributed by atoms with Crippen molar-refractivity contribution in [3.63, 3.8) is 0 Å². The third-order valence-electron chi connectivity index (χ3n) is 3.24. The van der Waals surface area contributed by atoms with Gasteiger partial charge in [0.05, 0.1) is 10.9 Å². The van der Waals surface area contributed by atoms with Gasteiger partial charge in [0.15, 0.2) is 0 Å². The molecule has 0 aliphatic carbocycles. The van der Waals surface area contributed by atoms with Gasteiger partial charge in [-0.25, -0.2) is 12.8 Å². The van der Waals surface area contributed by atoms with Gasteiger partial charge in [-0.05, 0) is 43.7 Å². The van der Waals surface area contributed by atoms with Crippen molar-refractivity contribution >= 4 is 21.6 Å². The highest BCUT2D eigenvalue weighted by Gasteiger charge is 2.22. The molecular weight excluding hydrogens is 319 g/mol. The molecule has 0 saturated heterocycles. The highest BCUT2D eigenvalue weighted by Crippen LogP contribution is 2.16. The third-order valence-corrected chi connectivity index (χ3v) is 4.79. The van der Waals surface area contributed by atoms with Crippen molar-refractivity contribution in [3.05, 3.63) is 59.9 Å². The second-order valence-electron chi connectivity index (χ2n) is 5.10. The van der Waals surface area contributed by atoms with Crippen LogP contribution < -0.4 is 10.0 Å². The predicted octanol–water partition coefficient (Wildman–Crippen LogP) is 2.44.